The largest absolute Gasteiger partial charge is 0.459 e. The smallest absolute Gasteiger partial charge is 0.287 e. The highest BCUT2D eigenvalue weighted by Crippen LogP contribution is 2.07. The quantitative estimate of drug-likeness (QED) is 0.273. The predicted molar refractivity (Wildman–Crippen MR) is 100 cm³/mol. The summed E-state index contributed by atoms with van der Waals surface area (Å²) in [5.41, 5.74) is 0.851. The summed E-state index contributed by atoms with van der Waals surface area (Å²) in [6, 6.07) is 2.17. The van der Waals surface area contributed by atoms with Gasteiger partial charge in [0.1, 0.15) is 0 Å². The van der Waals surface area contributed by atoms with Gasteiger partial charge in [0.15, 0.2) is 11.7 Å². The summed E-state index contributed by atoms with van der Waals surface area (Å²) < 4.78 is 5.14. The van der Waals surface area contributed by atoms with Crippen LogP contribution in [-0.2, 0) is 0 Å². The van der Waals surface area contributed by atoms with Crippen LogP contribution in [0, 0.1) is 6.92 Å². The van der Waals surface area contributed by atoms with Gasteiger partial charge >= 0.3 is 0 Å². The molecule has 1 rings (SSSR count). The van der Waals surface area contributed by atoms with Gasteiger partial charge in [-0.25, -0.2) is 0 Å². The van der Waals surface area contributed by atoms with E-state index in [1.807, 2.05) is 6.92 Å². The first kappa shape index (κ1) is 20.8. The van der Waals surface area contributed by atoms with Crippen molar-refractivity contribution < 1.29 is 9.21 Å². The zero-order chi connectivity index (χ0) is 15.7. The molecular weight excluding hydrogens is 395 g/mol. The lowest BCUT2D eigenvalue weighted by Crippen LogP contribution is -2.42. The molecule has 0 aliphatic carbocycles. The van der Waals surface area contributed by atoms with Gasteiger partial charge in [-0.2, -0.15) is 0 Å². The third-order valence-electron chi connectivity index (χ3n) is 3.22. The Morgan fingerprint density at radius 1 is 1.36 bits per heavy atom. The van der Waals surface area contributed by atoms with Gasteiger partial charge in [0.25, 0.3) is 5.91 Å². The van der Waals surface area contributed by atoms with Crippen LogP contribution in [0.15, 0.2) is 21.7 Å². The van der Waals surface area contributed by atoms with E-state index in [1.54, 1.807) is 13.1 Å². The summed E-state index contributed by atoms with van der Waals surface area (Å²) >= 11 is 0. The molecule has 0 bridgehead atoms. The second kappa shape index (κ2) is 11.3. The average Bonchev–Trinajstić information content (AvgIpc) is 2.91. The molecule has 1 aromatic rings. The van der Waals surface area contributed by atoms with Crippen molar-refractivity contribution in [3.63, 3.8) is 0 Å². The van der Waals surface area contributed by atoms with Crippen LogP contribution in [0.3, 0.4) is 0 Å². The van der Waals surface area contributed by atoms with E-state index in [0.717, 1.165) is 30.9 Å². The summed E-state index contributed by atoms with van der Waals surface area (Å²) in [6.45, 7) is 7.42. The van der Waals surface area contributed by atoms with Crippen LogP contribution in [0.1, 0.15) is 42.8 Å². The molecule has 0 spiro atoms. The lowest BCUT2D eigenvalue weighted by Gasteiger charge is -2.16. The minimum atomic E-state index is -0.167. The average molecular weight is 422 g/mol. The number of nitrogens with one attached hydrogen (secondary N) is 3. The van der Waals surface area contributed by atoms with Gasteiger partial charge in [-0.1, -0.05) is 6.92 Å². The third kappa shape index (κ3) is 7.15. The summed E-state index contributed by atoms with van der Waals surface area (Å²) in [6.07, 6.45) is 3.38. The summed E-state index contributed by atoms with van der Waals surface area (Å²) in [5.74, 6) is 1.01. The molecule has 1 atom stereocenters. The first-order chi connectivity index (χ1) is 10.1. The Bertz CT molecular complexity index is 474. The van der Waals surface area contributed by atoms with Gasteiger partial charge in [-0.3, -0.25) is 9.79 Å². The number of guanidine groups is 1. The van der Waals surface area contributed by atoms with E-state index in [9.17, 15) is 4.79 Å². The number of aliphatic imine (C=N–C) groups is 1. The van der Waals surface area contributed by atoms with Gasteiger partial charge in [0, 0.05) is 31.7 Å². The lowest BCUT2D eigenvalue weighted by molar-refractivity contribution is 0.0925. The van der Waals surface area contributed by atoms with Crippen molar-refractivity contribution in [1.82, 2.24) is 16.0 Å². The van der Waals surface area contributed by atoms with Crippen LogP contribution in [0.5, 0.6) is 0 Å². The fraction of sp³-hybridized carbons (Fsp3) is 0.600. The van der Waals surface area contributed by atoms with Gasteiger partial charge < -0.3 is 20.4 Å². The van der Waals surface area contributed by atoms with Crippen molar-refractivity contribution in [3.8, 4) is 0 Å². The molecule has 0 radical (unpaired) electrons. The number of carbonyl (C=O) groups is 1. The van der Waals surface area contributed by atoms with E-state index in [1.165, 1.54) is 6.26 Å². The summed E-state index contributed by atoms with van der Waals surface area (Å²) in [4.78, 5) is 16.0. The summed E-state index contributed by atoms with van der Waals surface area (Å²) in [5, 5.41) is 9.34. The van der Waals surface area contributed by atoms with Gasteiger partial charge in [0.05, 0.1) is 6.26 Å². The highest BCUT2D eigenvalue weighted by atomic mass is 127. The number of rotatable bonds is 7. The third-order valence-corrected chi connectivity index (χ3v) is 3.22. The van der Waals surface area contributed by atoms with Crippen molar-refractivity contribution in [1.29, 1.82) is 0 Å². The molecule has 1 amide bonds. The van der Waals surface area contributed by atoms with E-state index in [-0.39, 0.29) is 29.9 Å². The van der Waals surface area contributed by atoms with Crippen LogP contribution in [-0.4, -0.2) is 38.0 Å². The highest BCUT2D eigenvalue weighted by molar-refractivity contribution is 14.0. The van der Waals surface area contributed by atoms with E-state index in [2.05, 4.69) is 34.8 Å². The molecule has 0 aromatic carbocycles. The van der Waals surface area contributed by atoms with Crippen molar-refractivity contribution in [2.75, 3.05) is 20.1 Å². The number of halogens is 1. The lowest BCUT2D eigenvalue weighted by atomic mass is 10.2. The number of nitrogens with zero attached hydrogens (tertiary/aromatic N) is 1. The van der Waals surface area contributed by atoms with Gasteiger partial charge in [-0.05, 0) is 32.8 Å². The maximum Gasteiger partial charge on any atom is 0.287 e. The molecule has 0 aliphatic heterocycles. The molecule has 3 N–H and O–H groups in total. The molecular formula is C15H27IN4O2. The molecule has 1 unspecified atom stereocenters. The summed E-state index contributed by atoms with van der Waals surface area (Å²) in [7, 11) is 1.75. The number of hydrogen-bond acceptors (Lipinski definition) is 3. The maximum atomic E-state index is 11.8. The van der Waals surface area contributed by atoms with Crippen LogP contribution in [0.2, 0.25) is 0 Å². The molecule has 7 heteroatoms. The second-order valence-corrected chi connectivity index (χ2v) is 4.99. The highest BCUT2D eigenvalue weighted by Gasteiger charge is 2.11. The Morgan fingerprint density at radius 2 is 2.05 bits per heavy atom. The van der Waals surface area contributed by atoms with Crippen LogP contribution in [0.4, 0.5) is 0 Å². The first-order valence-electron chi connectivity index (χ1n) is 7.38. The van der Waals surface area contributed by atoms with Crippen molar-refractivity contribution in [2.45, 2.75) is 39.7 Å². The Balaban J connectivity index is 0.00000441. The molecule has 1 aromatic heterocycles. The zero-order valence-corrected chi connectivity index (χ0v) is 16.1. The van der Waals surface area contributed by atoms with Gasteiger partial charge in [0.2, 0.25) is 0 Å². The fourth-order valence-electron chi connectivity index (χ4n) is 1.71. The molecule has 0 aliphatic rings. The SMILES string of the molecule is CCC(C)NC(=NC)NCCCNC(=O)c1occc1C.I. The molecule has 6 nitrogen and oxygen atoms in total. The Morgan fingerprint density at radius 3 is 2.59 bits per heavy atom. The molecule has 0 fully saturated rings. The Hall–Kier alpha value is -1.25. The number of amides is 1. The normalized spacial score (nSPS) is 12.3. The number of furan rings is 1. The zero-order valence-electron chi connectivity index (χ0n) is 13.7. The van der Waals surface area contributed by atoms with E-state index < -0.39 is 0 Å². The number of hydrogen-bond donors (Lipinski definition) is 3. The molecule has 126 valence electrons. The molecule has 0 saturated carbocycles. The molecule has 0 saturated heterocycles. The number of aryl methyl sites for hydroxylation is 1. The van der Waals surface area contributed by atoms with Crippen LogP contribution >= 0.6 is 24.0 Å². The van der Waals surface area contributed by atoms with Crippen molar-refractivity contribution in [2.24, 2.45) is 4.99 Å². The monoisotopic (exact) mass is 422 g/mol. The van der Waals surface area contributed by atoms with E-state index >= 15 is 0 Å². The molecule has 1 heterocycles. The minimum Gasteiger partial charge on any atom is -0.459 e. The van der Waals surface area contributed by atoms with Crippen molar-refractivity contribution in [3.05, 3.63) is 23.7 Å². The first-order valence-corrected chi connectivity index (χ1v) is 7.38. The standard InChI is InChI=1S/C15H26N4O2.HI/c1-5-12(3)19-15(16-4)18-9-6-8-17-14(20)13-11(2)7-10-21-13;/h7,10,12H,5-6,8-9H2,1-4H3,(H,17,20)(H2,16,18,19);1H. The van der Waals surface area contributed by atoms with E-state index in [0.29, 0.717) is 18.3 Å². The maximum absolute atomic E-state index is 11.8. The Kier molecular flexibility index (Phi) is 10.7. The number of carbonyl (C=O) groups excluding carboxylic acids is 1. The minimum absolute atomic E-state index is 0. The van der Waals surface area contributed by atoms with Crippen molar-refractivity contribution >= 4 is 35.8 Å². The Labute approximate surface area is 149 Å². The second-order valence-electron chi connectivity index (χ2n) is 4.99. The van der Waals surface area contributed by atoms with Crippen LogP contribution in [0.25, 0.3) is 0 Å². The fourth-order valence-corrected chi connectivity index (χ4v) is 1.71. The van der Waals surface area contributed by atoms with E-state index in [4.69, 9.17) is 4.42 Å². The predicted octanol–water partition coefficient (Wildman–Crippen LogP) is 2.29. The molecule has 22 heavy (non-hydrogen) atoms. The topological polar surface area (TPSA) is 78.7 Å². The van der Waals surface area contributed by atoms with Crippen LogP contribution < -0.4 is 16.0 Å². The van der Waals surface area contributed by atoms with Gasteiger partial charge in [-0.15, -0.1) is 24.0 Å².